The van der Waals surface area contributed by atoms with Crippen LogP contribution in [0.3, 0.4) is 0 Å². The predicted molar refractivity (Wildman–Crippen MR) is 66.9 cm³/mol. The number of nitrogens with zero attached hydrogens (tertiary/aromatic N) is 2. The van der Waals surface area contributed by atoms with Gasteiger partial charge in [0.1, 0.15) is 16.5 Å². The lowest BCUT2D eigenvalue weighted by atomic mass is 10.0. The van der Waals surface area contributed by atoms with Gasteiger partial charge in [-0.05, 0) is 38.8 Å². The summed E-state index contributed by atoms with van der Waals surface area (Å²) in [6, 6.07) is 3.03. The molecule has 0 aromatic carbocycles. The number of hydrogen-bond acceptors (Lipinski definition) is 3. The van der Waals surface area contributed by atoms with Crippen LogP contribution in [0.4, 0.5) is 5.82 Å². The molecule has 17 heavy (non-hydrogen) atoms. The summed E-state index contributed by atoms with van der Waals surface area (Å²) in [5.41, 5.74) is 0.145. The molecule has 1 aromatic rings. The SMILES string of the molecule is CC1(C)CCCN1c1nc(Cl)ccc1C(=O)O. The Morgan fingerprint density at radius 3 is 2.76 bits per heavy atom. The van der Waals surface area contributed by atoms with Crippen LogP contribution in [0.1, 0.15) is 37.0 Å². The molecule has 1 aliphatic rings. The second-order valence-corrected chi connectivity index (χ2v) is 5.27. The number of aromatic nitrogens is 1. The van der Waals surface area contributed by atoms with E-state index >= 15 is 0 Å². The standard InChI is InChI=1S/C12H15ClN2O2/c1-12(2)6-3-7-15(12)10-8(11(16)17)4-5-9(13)14-10/h4-5H,3,6-7H2,1-2H3,(H,16,17). The van der Waals surface area contributed by atoms with E-state index in [1.54, 1.807) is 0 Å². The first-order chi connectivity index (χ1) is 7.92. The van der Waals surface area contributed by atoms with Crippen LogP contribution in [-0.4, -0.2) is 28.1 Å². The van der Waals surface area contributed by atoms with Gasteiger partial charge in [-0.2, -0.15) is 0 Å². The van der Waals surface area contributed by atoms with Gasteiger partial charge in [0, 0.05) is 12.1 Å². The largest absolute Gasteiger partial charge is 0.478 e. The maximum absolute atomic E-state index is 11.2. The van der Waals surface area contributed by atoms with E-state index in [9.17, 15) is 9.90 Å². The van der Waals surface area contributed by atoms with Crippen LogP contribution in [0.15, 0.2) is 12.1 Å². The van der Waals surface area contributed by atoms with Gasteiger partial charge in [0.25, 0.3) is 0 Å². The number of pyridine rings is 1. The molecule has 2 rings (SSSR count). The van der Waals surface area contributed by atoms with E-state index in [4.69, 9.17) is 11.6 Å². The van der Waals surface area contributed by atoms with Crippen molar-refractivity contribution in [3.8, 4) is 0 Å². The molecule has 1 fully saturated rings. The molecule has 0 saturated carbocycles. The molecule has 1 saturated heterocycles. The summed E-state index contributed by atoms with van der Waals surface area (Å²) in [5, 5.41) is 9.50. The van der Waals surface area contributed by atoms with E-state index in [2.05, 4.69) is 18.8 Å². The molecular weight excluding hydrogens is 240 g/mol. The first-order valence-electron chi connectivity index (χ1n) is 5.59. The molecule has 92 valence electrons. The van der Waals surface area contributed by atoms with Gasteiger partial charge < -0.3 is 10.0 Å². The van der Waals surface area contributed by atoms with Crippen LogP contribution < -0.4 is 4.90 Å². The van der Waals surface area contributed by atoms with E-state index in [1.165, 1.54) is 12.1 Å². The number of carboxylic acids is 1. The van der Waals surface area contributed by atoms with Gasteiger partial charge in [0.2, 0.25) is 0 Å². The first-order valence-corrected chi connectivity index (χ1v) is 5.97. The van der Waals surface area contributed by atoms with Crippen molar-refractivity contribution < 1.29 is 9.90 Å². The molecule has 0 unspecified atom stereocenters. The minimum atomic E-state index is -0.966. The van der Waals surface area contributed by atoms with Crippen LogP contribution in [-0.2, 0) is 0 Å². The Bertz CT molecular complexity index is 460. The monoisotopic (exact) mass is 254 g/mol. The van der Waals surface area contributed by atoms with Gasteiger partial charge in [-0.1, -0.05) is 11.6 Å². The summed E-state index contributed by atoms with van der Waals surface area (Å²) < 4.78 is 0. The second-order valence-electron chi connectivity index (χ2n) is 4.88. The van der Waals surface area contributed by atoms with Gasteiger partial charge in [0.05, 0.1) is 0 Å². The van der Waals surface area contributed by atoms with Crippen molar-refractivity contribution >= 4 is 23.4 Å². The Balaban J connectivity index is 2.50. The van der Waals surface area contributed by atoms with E-state index in [1.807, 2.05) is 4.90 Å². The van der Waals surface area contributed by atoms with Crippen LogP contribution in [0.5, 0.6) is 0 Å². The molecule has 4 nitrogen and oxygen atoms in total. The Morgan fingerprint density at radius 2 is 2.24 bits per heavy atom. The third-order valence-corrected chi connectivity index (χ3v) is 3.44. The van der Waals surface area contributed by atoms with Crippen LogP contribution in [0, 0.1) is 0 Å². The molecule has 0 spiro atoms. The normalized spacial score (nSPS) is 18.4. The van der Waals surface area contributed by atoms with Crippen molar-refractivity contribution in [1.29, 1.82) is 0 Å². The highest BCUT2D eigenvalue weighted by molar-refractivity contribution is 6.29. The zero-order valence-corrected chi connectivity index (χ0v) is 10.7. The molecule has 2 heterocycles. The van der Waals surface area contributed by atoms with Gasteiger partial charge in [-0.15, -0.1) is 0 Å². The highest BCUT2D eigenvalue weighted by Crippen LogP contribution is 2.34. The summed E-state index contributed by atoms with van der Waals surface area (Å²) in [7, 11) is 0. The van der Waals surface area contributed by atoms with Gasteiger partial charge >= 0.3 is 5.97 Å². The Kier molecular flexibility index (Phi) is 3.00. The predicted octanol–water partition coefficient (Wildman–Crippen LogP) is 2.81. The lowest BCUT2D eigenvalue weighted by molar-refractivity contribution is 0.0697. The third kappa shape index (κ3) is 2.22. The van der Waals surface area contributed by atoms with Crippen molar-refractivity contribution in [3.63, 3.8) is 0 Å². The Morgan fingerprint density at radius 1 is 1.53 bits per heavy atom. The number of carboxylic acid groups (broad SMARTS) is 1. The number of anilines is 1. The number of carbonyl (C=O) groups is 1. The Labute approximate surface area is 105 Å². The first kappa shape index (κ1) is 12.2. The van der Waals surface area contributed by atoms with E-state index < -0.39 is 5.97 Å². The summed E-state index contributed by atoms with van der Waals surface area (Å²) >= 11 is 5.86. The quantitative estimate of drug-likeness (QED) is 0.825. The summed E-state index contributed by atoms with van der Waals surface area (Å²) in [5.74, 6) is -0.487. The lowest BCUT2D eigenvalue weighted by Crippen LogP contribution is -2.39. The topological polar surface area (TPSA) is 53.4 Å². The van der Waals surface area contributed by atoms with E-state index in [-0.39, 0.29) is 11.1 Å². The van der Waals surface area contributed by atoms with Crippen molar-refractivity contribution in [2.24, 2.45) is 0 Å². The van der Waals surface area contributed by atoms with Crippen molar-refractivity contribution in [3.05, 3.63) is 22.8 Å². The van der Waals surface area contributed by atoms with Crippen molar-refractivity contribution in [2.75, 3.05) is 11.4 Å². The maximum atomic E-state index is 11.2. The number of aromatic carboxylic acids is 1. The molecule has 0 atom stereocenters. The number of rotatable bonds is 2. The van der Waals surface area contributed by atoms with Crippen LogP contribution >= 0.6 is 11.6 Å². The summed E-state index contributed by atoms with van der Waals surface area (Å²) in [6.45, 7) is 5.00. The number of halogens is 1. The molecular formula is C12H15ClN2O2. The Hall–Kier alpha value is -1.29. The average Bonchev–Trinajstić information content (AvgIpc) is 2.57. The molecule has 1 N–H and O–H groups in total. The highest BCUT2D eigenvalue weighted by Gasteiger charge is 2.35. The fourth-order valence-electron chi connectivity index (χ4n) is 2.30. The van der Waals surface area contributed by atoms with Crippen molar-refractivity contribution in [1.82, 2.24) is 4.98 Å². The molecule has 0 radical (unpaired) electrons. The third-order valence-electron chi connectivity index (χ3n) is 3.23. The summed E-state index contributed by atoms with van der Waals surface area (Å²) in [6.07, 6.45) is 2.07. The fourth-order valence-corrected chi connectivity index (χ4v) is 2.44. The van der Waals surface area contributed by atoms with Gasteiger partial charge in [-0.25, -0.2) is 9.78 Å². The zero-order chi connectivity index (χ0) is 12.6. The minimum Gasteiger partial charge on any atom is -0.478 e. The van der Waals surface area contributed by atoms with Gasteiger partial charge in [0.15, 0.2) is 0 Å². The van der Waals surface area contributed by atoms with Crippen molar-refractivity contribution in [2.45, 2.75) is 32.2 Å². The van der Waals surface area contributed by atoms with Gasteiger partial charge in [-0.3, -0.25) is 0 Å². The summed E-state index contributed by atoms with van der Waals surface area (Å²) in [4.78, 5) is 17.4. The molecule has 0 aliphatic carbocycles. The number of hydrogen-bond donors (Lipinski definition) is 1. The van der Waals surface area contributed by atoms with E-state index in [0.29, 0.717) is 11.0 Å². The van der Waals surface area contributed by atoms with E-state index in [0.717, 1.165) is 19.4 Å². The lowest BCUT2D eigenvalue weighted by Gasteiger charge is -2.33. The van der Waals surface area contributed by atoms with Crippen LogP contribution in [0.2, 0.25) is 5.15 Å². The molecule has 5 heteroatoms. The maximum Gasteiger partial charge on any atom is 0.339 e. The smallest absolute Gasteiger partial charge is 0.339 e. The molecule has 0 bridgehead atoms. The highest BCUT2D eigenvalue weighted by atomic mass is 35.5. The van der Waals surface area contributed by atoms with Crippen LogP contribution in [0.25, 0.3) is 0 Å². The minimum absolute atomic E-state index is 0.0676. The molecule has 1 aliphatic heterocycles. The molecule has 1 aromatic heterocycles. The zero-order valence-electron chi connectivity index (χ0n) is 9.90. The fraction of sp³-hybridized carbons (Fsp3) is 0.500. The second kappa shape index (κ2) is 4.18. The average molecular weight is 255 g/mol. The molecule has 0 amide bonds.